The highest BCUT2D eigenvalue weighted by molar-refractivity contribution is 7.14. The van der Waals surface area contributed by atoms with Gasteiger partial charge in [0.25, 0.3) is 5.91 Å². The van der Waals surface area contributed by atoms with Crippen LogP contribution in [0.15, 0.2) is 64.5 Å². The molecule has 0 aliphatic carbocycles. The van der Waals surface area contributed by atoms with Gasteiger partial charge in [0.15, 0.2) is 5.13 Å². The molecule has 2 heterocycles. The van der Waals surface area contributed by atoms with Gasteiger partial charge in [-0.1, -0.05) is 47.6 Å². The van der Waals surface area contributed by atoms with E-state index < -0.39 is 0 Å². The van der Waals surface area contributed by atoms with Crippen LogP contribution in [0.3, 0.4) is 0 Å². The van der Waals surface area contributed by atoms with Crippen LogP contribution in [0, 0.1) is 12.7 Å². The van der Waals surface area contributed by atoms with Crippen LogP contribution in [0.2, 0.25) is 0 Å². The number of halogens is 1. The molecule has 0 radical (unpaired) electrons. The van der Waals surface area contributed by atoms with Crippen LogP contribution in [0.5, 0.6) is 0 Å². The molecule has 0 saturated heterocycles. The fourth-order valence-corrected chi connectivity index (χ4v) is 3.42. The molecule has 0 saturated carbocycles. The van der Waals surface area contributed by atoms with Gasteiger partial charge in [-0.25, -0.2) is 9.37 Å². The summed E-state index contributed by atoms with van der Waals surface area (Å²) < 4.78 is 18.6. The first kappa shape index (κ1) is 17.1. The van der Waals surface area contributed by atoms with Crippen molar-refractivity contribution in [1.82, 2.24) is 10.1 Å². The maximum absolute atomic E-state index is 13.4. The highest BCUT2D eigenvalue weighted by Crippen LogP contribution is 2.28. The topological polar surface area (TPSA) is 68.0 Å². The zero-order chi connectivity index (χ0) is 18.8. The van der Waals surface area contributed by atoms with Gasteiger partial charge in [0.05, 0.1) is 5.69 Å². The largest absolute Gasteiger partial charge is 0.360 e. The first-order valence-electron chi connectivity index (χ1n) is 8.16. The summed E-state index contributed by atoms with van der Waals surface area (Å²) in [6.45, 7) is 1.69. The van der Waals surface area contributed by atoms with Crippen molar-refractivity contribution in [2.75, 3.05) is 5.32 Å². The molecule has 4 aromatic rings. The number of carbonyl (C=O) groups excluding carboxylic acids is 1. The van der Waals surface area contributed by atoms with Crippen LogP contribution >= 0.6 is 11.3 Å². The Morgan fingerprint density at radius 3 is 2.67 bits per heavy atom. The average Bonchev–Trinajstić information content (AvgIpc) is 3.29. The molecule has 1 amide bonds. The third-order valence-electron chi connectivity index (χ3n) is 3.98. The van der Waals surface area contributed by atoms with E-state index in [9.17, 15) is 9.18 Å². The van der Waals surface area contributed by atoms with E-state index >= 15 is 0 Å². The Morgan fingerprint density at radius 2 is 1.89 bits per heavy atom. The third kappa shape index (κ3) is 3.50. The molecule has 134 valence electrons. The molecule has 7 heteroatoms. The molecule has 0 atom stereocenters. The zero-order valence-corrected chi connectivity index (χ0v) is 15.1. The highest BCUT2D eigenvalue weighted by Gasteiger charge is 2.22. The van der Waals surface area contributed by atoms with Crippen molar-refractivity contribution >= 4 is 22.4 Å². The van der Waals surface area contributed by atoms with E-state index in [1.165, 1.54) is 23.5 Å². The summed E-state index contributed by atoms with van der Waals surface area (Å²) in [5.41, 5.74) is 2.88. The zero-order valence-electron chi connectivity index (χ0n) is 14.3. The van der Waals surface area contributed by atoms with Crippen LogP contribution in [-0.2, 0) is 0 Å². The van der Waals surface area contributed by atoms with Gasteiger partial charge in [-0.05, 0) is 19.1 Å². The second kappa shape index (κ2) is 7.13. The van der Waals surface area contributed by atoms with Crippen LogP contribution < -0.4 is 5.32 Å². The molecule has 0 spiro atoms. The van der Waals surface area contributed by atoms with Gasteiger partial charge in [-0.3, -0.25) is 10.1 Å². The molecule has 2 aromatic carbocycles. The van der Waals surface area contributed by atoms with Crippen molar-refractivity contribution < 1.29 is 13.7 Å². The lowest BCUT2D eigenvalue weighted by molar-refractivity contribution is 0.102. The van der Waals surface area contributed by atoms with E-state index in [4.69, 9.17) is 4.52 Å². The Kier molecular flexibility index (Phi) is 4.52. The number of amides is 1. The molecule has 5 nitrogen and oxygen atoms in total. The van der Waals surface area contributed by atoms with Crippen molar-refractivity contribution in [1.29, 1.82) is 0 Å². The third-order valence-corrected chi connectivity index (χ3v) is 4.74. The predicted octanol–water partition coefficient (Wildman–Crippen LogP) is 5.16. The molecule has 0 fully saturated rings. The number of carbonyl (C=O) groups is 1. The van der Waals surface area contributed by atoms with Gasteiger partial charge < -0.3 is 4.52 Å². The number of rotatable bonds is 4. The molecule has 27 heavy (non-hydrogen) atoms. The van der Waals surface area contributed by atoms with Crippen molar-refractivity contribution in [2.24, 2.45) is 0 Å². The van der Waals surface area contributed by atoms with E-state index in [2.05, 4.69) is 15.5 Å². The van der Waals surface area contributed by atoms with E-state index in [0.29, 0.717) is 33.4 Å². The Labute approximate surface area is 158 Å². The smallest absolute Gasteiger partial charge is 0.263 e. The first-order valence-corrected chi connectivity index (χ1v) is 9.04. The minimum absolute atomic E-state index is 0.335. The maximum atomic E-state index is 13.4. The minimum Gasteiger partial charge on any atom is -0.360 e. The monoisotopic (exact) mass is 379 g/mol. The lowest BCUT2D eigenvalue weighted by Gasteiger charge is -2.03. The molecular formula is C20H14FN3O2S. The standard InChI is InChI=1S/C20H14FN3O2S/c1-12-17(18(24-26-12)13-6-3-2-4-7-13)19(25)23-20-22-16(11-27-20)14-8-5-9-15(21)10-14/h2-11H,1H3,(H,22,23,25). The molecular weight excluding hydrogens is 365 g/mol. The molecule has 2 aromatic heterocycles. The summed E-state index contributed by atoms with van der Waals surface area (Å²) in [5, 5.41) is 8.97. The van der Waals surface area contributed by atoms with E-state index in [-0.39, 0.29) is 11.7 Å². The lowest BCUT2D eigenvalue weighted by Crippen LogP contribution is -2.13. The van der Waals surface area contributed by atoms with Gasteiger partial charge >= 0.3 is 0 Å². The van der Waals surface area contributed by atoms with Crippen LogP contribution in [-0.4, -0.2) is 16.0 Å². The predicted molar refractivity (Wildman–Crippen MR) is 102 cm³/mol. The number of aryl methyl sites for hydroxylation is 1. The van der Waals surface area contributed by atoms with E-state index in [0.717, 1.165) is 5.56 Å². The number of hydrogen-bond acceptors (Lipinski definition) is 5. The van der Waals surface area contributed by atoms with Gasteiger partial charge in [-0.15, -0.1) is 11.3 Å². The SMILES string of the molecule is Cc1onc(-c2ccccc2)c1C(=O)Nc1nc(-c2cccc(F)c2)cs1. The summed E-state index contributed by atoms with van der Waals surface area (Å²) in [6.07, 6.45) is 0. The van der Waals surface area contributed by atoms with Gasteiger partial charge in [0.1, 0.15) is 22.8 Å². The summed E-state index contributed by atoms with van der Waals surface area (Å²) in [4.78, 5) is 17.2. The summed E-state index contributed by atoms with van der Waals surface area (Å²) in [5.74, 6) is -0.264. The summed E-state index contributed by atoms with van der Waals surface area (Å²) >= 11 is 1.27. The molecule has 4 rings (SSSR count). The van der Waals surface area contributed by atoms with Crippen molar-refractivity contribution in [2.45, 2.75) is 6.92 Å². The van der Waals surface area contributed by atoms with Crippen molar-refractivity contribution in [3.05, 3.63) is 77.1 Å². The molecule has 0 unspecified atom stereocenters. The molecule has 0 aliphatic rings. The van der Waals surface area contributed by atoms with E-state index in [1.807, 2.05) is 30.3 Å². The van der Waals surface area contributed by atoms with Crippen LogP contribution in [0.25, 0.3) is 22.5 Å². The molecule has 0 aliphatic heterocycles. The fourth-order valence-electron chi connectivity index (χ4n) is 2.70. The molecule has 0 bridgehead atoms. The number of nitrogens with one attached hydrogen (secondary N) is 1. The second-order valence-corrected chi connectivity index (χ2v) is 6.69. The maximum Gasteiger partial charge on any atom is 0.263 e. The number of aromatic nitrogens is 2. The minimum atomic E-state index is -0.354. The van der Waals surface area contributed by atoms with E-state index in [1.54, 1.807) is 24.4 Å². The average molecular weight is 379 g/mol. The Bertz CT molecular complexity index is 1110. The number of benzene rings is 2. The fraction of sp³-hybridized carbons (Fsp3) is 0.0500. The van der Waals surface area contributed by atoms with Crippen molar-refractivity contribution in [3.8, 4) is 22.5 Å². The molecule has 1 N–H and O–H groups in total. The quantitative estimate of drug-likeness (QED) is 0.531. The highest BCUT2D eigenvalue weighted by atomic mass is 32.1. The number of hydrogen-bond donors (Lipinski definition) is 1. The number of nitrogens with zero attached hydrogens (tertiary/aromatic N) is 2. The second-order valence-electron chi connectivity index (χ2n) is 5.83. The van der Waals surface area contributed by atoms with Gasteiger partial charge in [-0.2, -0.15) is 0 Å². The van der Waals surface area contributed by atoms with Gasteiger partial charge in [0.2, 0.25) is 0 Å². The van der Waals surface area contributed by atoms with Crippen LogP contribution in [0.1, 0.15) is 16.1 Å². The Hall–Kier alpha value is -3.32. The summed E-state index contributed by atoms with van der Waals surface area (Å²) in [6, 6.07) is 15.5. The summed E-state index contributed by atoms with van der Waals surface area (Å²) in [7, 11) is 0. The lowest BCUT2D eigenvalue weighted by atomic mass is 10.1. The van der Waals surface area contributed by atoms with Crippen molar-refractivity contribution in [3.63, 3.8) is 0 Å². The van der Waals surface area contributed by atoms with Crippen LogP contribution in [0.4, 0.5) is 9.52 Å². The number of anilines is 1. The van der Waals surface area contributed by atoms with Gasteiger partial charge in [0, 0.05) is 16.5 Å². The first-order chi connectivity index (χ1) is 13.1. The Balaban J connectivity index is 1.60. The number of thiazole rings is 1. The normalized spacial score (nSPS) is 10.7. The Morgan fingerprint density at radius 1 is 1.11 bits per heavy atom.